The summed E-state index contributed by atoms with van der Waals surface area (Å²) >= 11 is 0. The largest absolute Gasteiger partial charge is 0.493 e. The molecule has 0 bridgehead atoms. The van der Waals surface area contributed by atoms with Crippen molar-refractivity contribution in [3.8, 4) is 11.5 Å². The third kappa shape index (κ3) is 3.86. The van der Waals surface area contributed by atoms with Gasteiger partial charge in [0, 0.05) is 37.0 Å². The fourth-order valence-corrected chi connectivity index (χ4v) is 4.89. The smallest absolute Gasteiger partial charge is 0.161 e. The van der Waals surface area contributed by atoms with Crippen LogP contribution in [-0.4, -0.2) is 43.9 Å². The summed E-state index contributed by atoms with van der Waals surface area (Å²) in [6.07, 6.45) is 3.28. The Bertz CT molecular complexity index is 837. The molecule has 0 radical (unpaired) electrons. The van der Waals surface area contributed by atoms with E-state index in [2.05, 4.69) is 46.9 Å². The Kier molecular flexibility index (Phi) is 6.08. The highest BCUT2D eigenvalue weighted by molar-refractivity contribution is 5.44. The van der Waals surface area contributed by atoms with E-state index in [0.29, 0.717) is 12.0 Å². The summed E-state index contributed by atoms with van der Waals surface area (Å²) in [5.41, 5.74) is 10.4. The summed E-state index contributed by atoms with van der Waals surface area (Å²) in [6.45, 7) is 7.29. The highest BCUT2D eigenvalue weighted by atomic mass is 16.5. The zero-order valence-corrected chi connectivity index (χ0v) is 17.8. The van der Waals surface area contributed by atoms with Crippen LogP contribution in [0.2, 0.25) is 0 Å². The van der Waals surface area contributed by atoms with Crippen molar-refractivity contribution in [2.45, 2.75) is 45.2 Å². The summed E-state index contributed by atoms with van der Waals surface area (Å²) in [6, 6.07) is 6.82. The number of aryl methyl sites for hydroxylation is 2. The second-order valence-electron chi connectivity index (χ2n) is 7.99. The molecule has 3 atom stereocenters. The quantitative estimate of drug-likeness (QED) is 0.740. The number of hydrogen-bond acceptors (Lipinski definition) is 7. The number of benzene rings is 1. The molecule has 7 heteroatoms. The summed E-state index contributed by atoms with van der Waals surface area (Å²) in [4.78, 5) is 2.62. The summed E-state index contributed by atoms with van der Waals surface area (Å²) in [5.74, 6) is 3.02. The van der Waals surface area contributed by atoms with E-state index in [-0.39, 0.29) is 6.04 Å². The van der Waals surface area contributed by atoms with Gasteiger partial charge in [-0.25, -0.2) is 5.43 Å². The van der Waals surface area contributed by atoms with Crippen LogP contribution in [0.15, 0.2) is 22.7 Å². The van der Waals surface area contributed by atoms with Gasteiger partial charge in [0.05, 0.1) is 26.0 Å². The number of ether oxygens (including phenoxy) is 2. The number of likely N-dealkylation sites (tertiary alicyclic amines) is 1. The van der Waals surface area contributed by atoms with Crippen molar-refractivity contribution in [3.63, 3.8) is 0 Å². The summed E-state index contributed by atoms with van der Waals surface area (Å²) in [5, 5.41) is 4.24. The maximum Gasteiger partial charge on any atom is 0.161 e. The molecule has 2 aliphatic heterocycles. The van der Waals surface area contributed by atoms with Crippen molar-refractivity contribution in [1.82, 2.24) is 20.9 Å². The van der Waals surface area contributed by atoms with Crippen LogP contribution in [0.1, 0.15) is 54.4 Å². The Morgan fingerprint density at radius 3 is 2.83 bits per heavy atom. The van der Waals surface area contributed by atoms with Crippen molar-refractivity contribution in [1.29, 1.82) is 0 Å². The lowest BCUT2D eigenvalue weighted by atomic mass is 9.93. The van der Waals surface area contributed by atoms with Gasteiger partial charge in [0.2, 0.25) is 0 Å². The van der Waals surface area contributed by atoms with E-state index in [1.54, 1.807) is 14.2 Å². The third-order valence-electron chi connectivity index (χ3n) is 6.33. The van der Waals surface area contributed by atoms with Gasteiger partial charge in [0.1, 0.15) is 5.76 Å². The van der Waals surface area contributed by atoms with E-state index >= 15 is 0 Å². The predicted octanol–water partition coefficient (Wildman–Crippen LogP) is 3.16. The summed E-state index contributed by atoms with van der Waals surface area (Å²) in [7, 11) is 3.35. The van der Waals surface area contributed by atoms with Crippen LogP contribution in [0.4, 0.5) is 0 Å². The number of methoxy groups -OCH3 is 2. The molecule has 1 aromatic heterocycles. The minimum absolute atomic E-state index is 0.227. The molecule has 3 heterocycles. The molecule has 0 amide bonds. The number of nitrogens with one attached hydrogen (secondary N) is 2. The molecule has 2 N–H and O–H groups in total. The van der Waals surface area contributed by atoms with Gasteiger partial charge in [-0.05, 0) is 44.0 Å². The molecule has 2 aliphatic rings. The van der Waals surface area contributed by atoms with Crippen LogP contribution in [0.5, 0.6) is 11.5 Å². The van der Waals surface area contributed by atoms with E-state index in [9.17, 15) is 0 Å². The molecule has 3 unspecified atom stereocenters. The van der Waals surface area contributed by atoms with Crippen molar-refractivity contribution in [2.24, 2.45) is 5.92 Å². The van der Waals surface area contributed by atoms with Gasteiger partial charge < -0.3 is 14.0 Å². The summed E-state index contributed by atoms with van der Waals surface area (Å²) < 4.78 is 16.5. The first-order valence-corrected chi connectivity index (χ1v) is 10.6. The molecular formula is C22H32N4O3. The van der Waals surface area contributed by atoms with Gasteiger partial charge >= 0.3 is 0 Å². The molecule has 0 spiro atoms. The van der Waals surface area contributed by atoms with Crippen molar-refractivity contribution in [3.05, 3.63) is 40.8 Å². The van der Waals surface area contributed by atoms with Gasteiger partial charge in [0.15, 0.2) is 11.5 Å². The number of aromatic nitrogens is 1. The molecule has 1 aromatic carbocycles. The van der Waals surface area contributed by atoms with Crippen molar-refractivity contribution < 1.29 is 14.0 Å². The van der Waals surface area contributed by atoms with E-state index in [1.165, 1.54) is 24.0 Å². The maximum atomic E-state index is 5.59. The molecule has 7 nitrogen and oxygen atoms in total. The predicted molar refractivity (Wildman–Crippen MR) is 111 cm³/mol. The first-order chi connectivity index (χ1) is 14.2. The molecule has 2 saturated heterocycles. The minimum atomic E-state index is 0.227. The van der Waals surface area contributed by atoms with Gasteiger partial charge in [-0.1, -0.05) is 18.1 Å². The second kappa shape index (κ2) is 8.73. The zero-order valence-electron chi connectivity index (χ0n) is 17.8. The SMILES string of the molecule is CCc1onc(C)c1C1CCCN1CC1CNNC1c1ccc(OC)c(OC)c1. The lowest BCUT2D eigenvalue weighted by Gasteiger charge is -2.29. The first kappa shape index (κ1) is 20.2. The van der Waals surface area contributed by atoms with E-state index in [1.807, 2.05) is 6.07 Å². The standard InChI is InChI=1S/C22H32N4O3/c1-5-18-21(14(2)25-29-18)17-7-6-10-26(17)13-16-12-23-24-22(16)15-8-9-19(27-3)20(11-15)28-4/h8-9,11,16-17,22-24H,5-7,10,12-13H2,1-4H3. The van der Waals surface area contributed by atoms with Gasteiger partial charge in [0.25, 0.3) is 0 Å². The fourth-order valence-electron chi connectivity index (χ4n) is 4.89. The van der Waals surface area contributed by atoms with Gasteiger partial charge in [-0.2, -0.15) is 0 Å². The average molecular weight is 401 g/mol. The highest BCUT2D eigenvalue weighted by Gasteiger charge is 2.36. The van der Waals surface area contributed by atoms with Crippen LogP contribution >= 0.6 is 0 Å². The average Bonchev–Trinajstić information content (AvgIpc) is 3.47. The Balaban J connectivity index is 1.53. The second-order valence-corrected chi connectivity index (χ2v) is 7.99. The van der Waals surface area contributed by atoms with E-state index in [4.69, 9.17) is 14.0 Å². The van der Waals surface area contributed by atoms with Crippen LogP contribution in [0.3, 0.4) is 0 Å². The van der Waals surface area contributed by atoms with Crippen LogP contribution in [0.25, 0.3) is 0 Å². The molecule has 29 heavy (non-hydrogen) atoms. The van der Waals surface area contributed by atoms with Crippen LogP contribution < -0.4 is 20.3 Å². The molecule has 0 saturated carbocycles. The van der Waals surface area contributed by atoms with E-state index in [0.717, 1.165) is 49.0 Å². The van der Waals surface area contributed by atoms with Crippen LogP contribution in [-0.2, 0) is 6.42 Å². The van der Waals surface area contributed by atoms with Gasteiger partial charge in [-0.15, -0.1) is 0 Å². The molecule has 4 rings (SSSR count). The monoisotopic (exact) mass is 400 g/mol. The minimum Gasteiger partial charge on any atom is -0.493 e. The van der Waals surface area contributed by atoms with Crippen LogP contribution in [0, 0.1) is 12.8 Å². The molecule has 158 valence electrons. The lowest BCUT2D eigenvalue weighted by molar-refractivity contribution is 0.209. The first-order valence-electron chi connectivity index (χ1n) is 10.6. The Labute approximate surface area is 172 Å². The third-order valence-corrected chi connectivity index (χ3v) is 6.33. The Hall–Kier alpha value is -2.09. The number of hydrogen-bond donors (Lipinski definition) is 2. The fraction of sp³-hybridized carbons (Fsp3) is 0.591. The highest BCUT2D eigenvalue weighted by Crippen LogP contribution is 2.39. The normalized spacial score (nSPS) is 24.9. The lowest BCUT2D eigenvalue weighted by Crippen LogP contribution is -2.33. The number of hydrazine groups is 1. The maximum absolute atomic E-state index is 5.59. The molecular weight excluding hydrogens is 368 g/mol. The number of rotatable bonds is 7. The van der Waals surface area contributed by atoms with E-state index < -0.39 is 0 Å². The molecule has 2 fully saturated rings. The van der Waals surface area contributed by atoms with Crippen molar-refractivity contribution in [2.75, 3.05) is 33.9 Å². The molecule has 2 aromatic rings. The van der Waals surface area contributed by atoms with Gasteiger partial charge in [-0.3, -0.25) is 10.3 Å². The zero-order chi connectivity index (χ0) is 20.4. The van der Waals surface area contributed by atoms with Crippen molar-refractivity contribution >= 4 is 0 Å². The Morgan fingerprint density at radius 2 is 2.07 bits per heavy atom. The topological polar surface area (TPSA) is 71.8 Å². The molecule has 0 aliphatic carbocycles. The Morgan fingerprint density at radius 1 is 1.24 bits per heavy atom. The number of nitrogens with zero attached hydrogens (tertiary/aromatic N) is 2.